The maximum atomic E-state index is 9.51. The first-order chi connectivity index (χ1) is 17.5. The molecular weight excluding hydrogens is 458 g/mol. The number of methoxy groups -OCH3 is 1. The Morgan fingerprint density at radius 1 is 1.31 bits per heavy atom. The summed E-state index contributed by atoms with van der Waals surface area (Å²) < 4.78 is 18.8. The minimum absolute atomic E-state index is 0.106. The van der Waals surface area contributed by atoms with Crippen LogP contribution in [-0.4, -0.2) is 53.9 Å². The van der Waals surface area contributed by atoms with Crippen molar-refractivity contribution in [2.75, 3.05) is 31.7 Å². The van der Waals surface area contributed by atoms with Crippen LogP contribution in [0.15, 0.2) is 59.9 Å². The maximum absolute atomic E-state index is 9.51. The van der Waals surface area contributed by atoms with Gasteiger partial charge in [-0.05, 0) is 12.0 Å². The molecule has 0 atom stereocenters. The summed E-state index contributed by atoms with van der Waals surface area (Å²) in [6.45, 7) is 6.34. The van der Waals surface area contributed by atoms with Crippen molar-refractivity contribution in [2.45, 2.75) is 32.8 Å². The second kappa shape index (κ2) is 11.4. The van der Waals surface area contributed by atoms with Crippen LogP contribution >= 0.6 is 0 Å². The zero-order chi connectivity index (χ0) is 25.5. The number of nitriles is 1. The maximum Gasteiger partial charge on any atom is 0.213 e. The SMILES string of the molecule is COc1ccc(OC2CCN(c3ccn(C4=CC(OCC(C)C)=CN/C4=C(/C#N)C=N)n3)CC2)cn1. The predicted octanol–water partition coefficient (Wildman–Crippen LogP) is 3.72. The smallest absolute Gasteiger partial charge is 0.213 e. The second-order valence-corrected chi connectivity index (χ2v) is 8.93. The first-order valence-corrected chi connectivity index (χ1v) is 11.9. The van der Waals surface area contributed by atoms with E-state index in [1.54, 1.807) is 30.3 Å². The molecule has 2 aromatic rings. The van der Waals surface area contributed by atoms with E-state index < -0.39 is 0 Å². The molecule has 4 rings (SSSR count). The van der Waals surface area contributed by atoms with Crippen molar-refractivity contribution >= 4 is 17.7 Å². The molecule has 0 aliphatic carbocycles. The average Bonchev–Trinajstić information content (AvgIpc) is 3.40. The molecule has 10 nitrogen and oxygen atoms in total. The predicted molar refractivity (Wildman–Crippen MR) is 137 cm³/mol. The normalized spacial score (nSPS) is 17.5. The van der Waals surface area contributed by atoms with Crippen LogP contribution in [0.4, 0.5) is 5.82 Å². The van der Waals surface area contributed by atoms with E-state index in [4.69, 9.17) is 24.7 Å². The fourth-order valence-electron chi connectivity index (χ4n) is 3.94. The lowest BCUT2D eigenvalue weighted by Gasteiger charge is -2.32. The van der Waals surface area contributed by atoms with Gasteiger partial charge < -0.3 is 29.8 Å². The molecule has 1 fully saturated rings. The largest absolute Gasteiger partial charge is 0.492 e. The minimum Gasteiger partial charge on any atom is -0.492 e. The Morgan fingerprint density at radius 2 is 2.11 bits per heavy atom. The van der Waals surface area contributed by atoms with Gasteiger partial charge in [-0.15, -0.1) is 0 Å². The molecule has 2 N–H and O–H groups in total. The van der Waals surface area contributed by atoms with Crippen LogP contribution in [0, 0.1) is 22.7 Å². The van der Waals surface area contributed by atoms with Crippen LogP contribution in [-0.2, 0) is 4.74 Å². The Morgan fingerprint density at radius 3 is 2.75 bits per heavy atom. The van der Waals surface area contributed by atoms with Crippen molar-refractivity contribution in [3.05, 3.63) is 59.9 Å². The third-order valence-electron chi connectivity index (χ3n) is 5.82. The molecule has 2 aromatic heterocycles. The lowest BCUT2D eigenvalue weighted by atomic mass is 10.1. The number of hydrogen-bond acceptors (Lipinski definition) is 9. The van der Waals surface area contributed by atoms with E-state index in [0.29, 0.717) is 35.6 Å². The summed E-state index contributed by atoms with van der Waals surface area (Å²) in [4.78, 5) is 6.42. The van der Waals surface area contributed by atoms with E-state index in [1.165, 1.54) is 0 Å². The van der Waals surface area contributed by atoms with Gasteiger partial charge in [0.05, 0.1) is 36.9 Å². The highest BCUT2D eigenvalue weighted by molar-refractivity contribution is 5.88. The van der Waals surface area contributed by atoms with Gasteiger partial charge in [-0.1, -0.05) is 13.8 Å². The number of nitrogens with zero attached hydrogens (tertiary/aromatic N) is 5. The van der Waals surface area contributed by atoms with Crippen molar-refractivity contribution < 1.29 is 14.2 Å². The molecule has 188 valence electrons. The number of dihydropyridines is 1. The first-order valence-electron chi connectivity index (χ1n) is 11.9. The van der Waals surface area contributed by atoms with Crippen molar-refractivity contribution in [2.24, 2.45) is 5.92 Å². The monoisotopic (exact) mass is 489 g/mol. The van der Waals surface area contributed by atoms with Gasteiger partial charge in [0, 0.05) is 62.8 Å². The van der Waals surface area contributed by atoms with Gasteiger partial charge in [0.15, 0.2) is 5.82 Å². The van der Waals surface area contributed by atoms with Gasteiger partial charge in [0.2, 0.25) is 5.88 Å². The van der Waals surface area contributed by atoms with Gasteiger partial charge in [0.1, 0.15) is 23.7 Å². The van der Waals surface area contributed by atoms with Crippen LogP contribution < -0.4 is 19.7 Å². The summed E-state index contributed by atoms with van der Waals surface area (Å²) in [5.41, 5.74) is 1.37. The van der Waals surface area contributed by atoms with Crippen molar-refractivity contribution in [3.8, 4) is 17.7 Å². The van der Waals surface area contributed by atoms with E-state index in [0.717, 1.165) is 43.7 Å². The summed E-state index contributed by atoms with van der Waals surface area (Å²) in [6.07, 6.45) is 9.95. The lowest BCUT2D eigenvalue weighted by Crippen LogP contribution is -2.38. The van der Waals surface area contributed by atoms with E-state index in [-0.39, 0.29) is 11.7 Å². The summed E-state index contributed by atoms with van der Waals surface area (Å²) in [7, 11) is 1.59. The lowest BCUT2D eigenvalue weighted by molar-refractivity contribution is 0.170. The molecule has 0 saturated carbocycles. The molecular formula is C26H31N7O3. The number of anilines is 1. The zero-order valence-electron chi connectivity index (χ0n) is 20.8. The first kappa shape index (κ1) is 24.9. The van der Waals surface area contributed by atoms with Crippen LogP contribution in [0.3, 0.4) is 0 Å². The summed E-state index contributed by atoms with van der Waals surface area (Å²) >= 11 is 0. The number of aromatic nitrogens is 3. The number of ether oxygens (including phenoxy) is 3. The fraction of sp³-hybridized carbons (Fsp3) is 0.385. The van der Waals surface area contributed by atoms with E-state index in [9.17, 15) is 5.26 Å². The van der Waals surface area contributed by atoms with Gasteiger partial charge in [0.25, 0.3) is 0 Å². The fourth-order valence-corrected chi connectivity index (χ4v) is 3.94. The quantitative estimate of drug-likeness (QED) is 0.404. The van der Waals surface area contributed by atoms with Crippen LogP contribution in [0.1, 0.15) is 26.7 Å². The minimum atomic E-state index is 0.106. The summed E-state index contributed by atoms with van der Waals surface area (Å²) in [5, 5.41) is 25.0. The standard InChI is InChI=1S/C26H31N7O3/c1-18(2)17-35-22-12-23(26(30-16-22)19(13-27)14-28)33-11-8-24(31-33)32-9-6-20(7-10-32)36-21-4-5-25(34-3)29-15-21/h4-5,8,11-13,15-16,18,20,27,30H,6-7,9-10,17H2,1-3H3/b26-19+,27-13?. The molecule has 0 unspecified atom stereocenters. The third-order valence-corrected chi connectivity index (χ3v) is 5.82. The highest BCUT2D eigenvalue weighted by Crippen LogP contribution is 2.27. The Bertz CT molecular complexity index is 1200. The topological polar surface area (TPSA) is 121 Å². The van der Waals surface area contributed by atoms with Gasteiger partial charge in [-0.2, -0.15) is 10.4 Å². The van der Waals surface area contributed by atoms with Gasteiger partial charge in [-0.25, -0.2) is 9.67 Å². The molecule has 0 aromatic carbocycles. The van der Waals surface area contributed by atoms with Crippen LogP contribution in [0.25, 0.3) is 5.70 Å². The highest BCUT2D eigenvalue weighted by Gasteiger charge is 2.24. The Labute approximate surface area is 211 Å². The number of hydrogen-bond donors (Lipinski definition) is 2. The third kappa shape index (κ3) is 5.86. The Hall–Kier alpha value is -4.26. The zero-order valence-corrected chi connectivity index (χ0v) is 20.8. The molecule has 0 amide bonds. The number of rotatable bonds is 9. The van der Waals surface area contributed by atoms with E-state index in [1.807, 2.05) is 24.4 Å². The summed E-state index contributed by atoms with van der Waals surface area (Å²) in [5.74, 6) is 3.16. The van der Waals surface area contributed by atoms with E-state index >= 15 is 0 Å². The Kier molecular flexibility index (Phi) is 7.90. The Balaban J connectivity index is 1.45. The van der Waals surface area contributed by atoms with Crippen molar-refractivity contribution in [3.63, 3.8) is 0 Å². The molecule has 10 heteroatoms. The molecule has 2 aliphatic rings. The molecule has 36 heavy (non-hydrogen) atoms. The van der Waals surface area contributed by atoms with Crippen molar-refractivity contribution in [1.82, 2.24) is 20.1 Å². The van der Waals surface area contributed by atoms with Gasteiger partial charge >= 0.3 is 0 Å². The molecule has 0 spiro atoms. The highest BCUT2D eigenvalue weighted by atomic mass is 16.5. The number of nitrogens with one attached hydrogen (secondary N) is 2. The second-order valence-electron chi connectivity index (χ2n) is 8.93. The molecule has 0 bridgehead atoms. The number of piperidine rings is 1. The van der Waals surface area contributed by atoms with E-state index in [2.05, 4.69) is 35.1 Å². The number of pyridine rings is 1. The molecule has 1 saturated heterocycles. The molecule has 4 heterocycles. The van der Waals surface area contributed by atoms with Crippen LogP contribution in [0.2, 0.25) is 0 Å². The van der Waals surface area contributed by atoms with Crippen LogP contribution in [0.5, 0.6) is 11.6 Å². The van der Waals surface area contributed by atoms with Crippen molar-refractivity contribution in [1.29, 1.82) is 10.7 Å². The average molecular weight is 490 g/mol. The number of allylic oxidation sites excluding steroid dienone is 3. The summed E-state index contributed by atoms with van der Waals surface area (Å²) in [6, 6.07) is 7.69. The molecule has 2 aliphatic heterocycles. The molecule has 0 radical (unpaired) electrons. The van der Waals surface area contributed by atoms with Gasteiger partial charge in [-0.3, -0.25) is 0 Å².